The second kappa shape index (κ2) is 6.38. The molecule has 106 valence electrons. The third kappa shape index (κ3) is 3.47. The normalized spacial score (nSPS) is 25.1. The summed E-state index contributed by atoms with van der Waals surface area (Å²) in [5.74, 6) is 0.725. The molecule has 1 aliphatic rings. The standard InChI is InChI=1S/C16H23FO2/c1-3-12-6-4-5-7-15(12)19-16-10-13(17)8-9-14(16)11(2)18/h8-12,15,18H,3-7H2,1-2H3. The van der Waals surface area contributed by atoms with Crippen LogP contribution in [0.15, 0.2) is 18.2 Å². The van der Waals surface area contributed by atoms with Gasteiger partial charge in [0.15, 0.2) is 0 Å². The molecule has 1 fully saturated rings. The molecule has 1 aliphatic carbocycles. The zero-order chi connectivity index (χ0) is 13.8. The second-order valence-corrected chi connectivity index (χ2v) is 5.47. The Hall–Kier alpha value is -1.09. The maximum absolute atomic E-state index is 13.4. The predicted octanol–water partition coefficient (Wildman–Crippen LogP) is 4.23. The van der Waals surface area contributed by atoms with Gasteiger partial charge in [0.05, 0.1) is 6.10 Å². The van der Waals surface area contributed by atoms with Gasteiger partial charge in [0.2, 0.25) is 0 Å². The van der Waals surface area contributed by atoms with E-state index in [2.05, 4.69) is 6.92 Å². The van der Waals surface area contributed by atoms with Crippen LogP contribution >= 0.6 is 0 Å². The minimum atomic E-state index is -0.640. The molecule has 1 N–H and O–H groups in total. The number of benzene rings is 1. The van der Waals surface area contributed by atoms with E-state index in [1.807, 2.05) is 0 Å². The lowest BCUT2D eigenvalue weighted by molar-refractivity contribution is 0.0851. The molecule has 3 atom stereocenters. The van der Waals surface area contributed by atoms with Crippen molar-refractivity contribution in [2.45, 2.75) is 58.2 Å². The van der Waals surface area contributed by atoms with Crippen LogP contribution in [-0.2, 0) is 0 Å². The minimum absolute atomic E-state index is 0.151. The predicted molar refractivity (Wildman–Crippen MR) is 73.7 cm³/mol. The Labute approximate surface area is 114 Å². The van der Waals surface area contributed by atoms with Gasteiger partial charge < -0.3 is 9.84 Å². The topological polar surface area (TPSA) is 29.5 Å². The highest BCUT2D eigenvalue weighted by molar-refractivity contribution is 5.35. The van der Waals surface area contributed by atoms with Crippen LogP contribution in [-0.4, -0.2) is 11.2 Å². The van der Waals surface area contributed by atoms with E-state index in [0.717, 1.165) is 12.8 Å². The van der Waals surface area contributed by atoms with E-state index in [0.29, 0.717) is 17.2 Å². The maximum atomic E-state index is 13.4. The van der Waals surface area contributed by atoms with Crippen LogP contribution in [0.5, 0.6) is 5.75 Å². The van der Waals surface area contributed by atoms with Gasteiger partial charge in [-0.1, -0.05) is 13.3 Å². The fourth-order valence-corrected chi connectivity index (χ4v) is 2.91. The van der Waals surface area contributed by atoms with E-state index >= 15 is 0 Å². The molecule has 3 unspecified atom stereocenters. The number of hydrogen-bond acceptors (Lipinski definition) is 2. The van der Waals surface area contributed by atoms with Gasteiger partial charge in [-0.25, -0.2) is 4.39 Å². The third-order valence-electron chi connectivity index (χ3n) is 4.07. The third-order valence-corrected chi connectivity index (χ3v) is 4.07. The van der Waals surface area contributed by atoms with Crippen molar-refractivity contribution >= 4 is 0 Å². The van der Waals surface area contributed by atoms with Crippen LogP contribution in [0.2, 0.25) is 0 Å². The van der Waals surface area contributed by atoms with Crippen molar-refractivity contribution in [3.63, 3.8) is 0 Å². The summed E-state index contributed by atoms with van der Waals surface area (Å²) in [6.45, 7) is 3.85. The molecule has 1 aromatic rings. The van der Waals surface area contributed by atoms with Crippen LogP contribution in [0.25, 0.3) is 0 Å². The Morgan fingerprint density at radius 1 is 1.37 bits per heavy atom. The average molecular weight is 266 g/mol. The molecule has 0 aromatic heterocycles. The molecular formula is C16H23FO2. The van der Waals surface area contributed by atoms with Crippen LogP contribution in [0.3, 0.4) is 0 Å². The zero-order valence-corrected chi connectivity index (χ0v) is 11.7. The van der Waals surface area contributed by atoms with Gasteiger partial charge in [-0.05, 0) is 50.7 Å². The summed E-state index contributed by atoms with van der Waals surface area (Å²) in [7, 11) is 0. The van der Waals surface area contributed by atoms with Crippen molar-refractivity contribution in [2.24, 2.45) is 5.92 Å². The van der Waals surface area contributed by atoms with Gasteiger partial charge in [0.1, 0.15) is 17.7 Å². The molecule has 0 radical (unpaired) electrons. The lowest BCUT2D eigenvalue weighted by Gasteiger charge is -2.32. The molecule has 1 saturated carbocycles. The fraction of sp³-hybridized carbons (Fsp3) is 0.625. The van der Waals surface area contributed by atoms with Gasteiger partial charge in [0, 0.05) is 11.6 Å². The summed E-state index contributed by atoms with van der Waals surface area (Å²) in [5.41, 5.74) is 0.668. The molecule has 0 spiro atoms. The highest BCUT2D eigenvalue weighted by atomic mass is 19.1. The summed E-state index contributed by atoms with van der Waals surface area (Å²) < 4.78 is 19.4. The van der Waals surface area contributed by atoms with Crippen LogP contribution in [0.4, 0.5) is 4.39 Å². The highest BCUT2D eigenvalue weighted by Crippen LogP contribution is 2.33. The number of aliphatic hydroxyl groups excluding tert-OH is 1. The molecule has 19 heavy (non-hydrogen) atoms. The van der Waals surface area contributed by atoms with Crippen molar-refractivity contribution in [1.82, 2.24) is 0 Å². The van der Waals surface area contributed by atoms with Gasteiger partial charge in [-0.3, -0.25) is 0 Å². The summed E-state index contributed by atoms with van der Waals surface area (Å²) >= 11 is 0. The molecular weight excluding hydrogens is 243 g/mol. The number of aliphatic hydroxyl groups is 1. The minimum Gasteiger partial charge on any atom is -0.490 e. The molecule has 1 aromatic carbocycles. The van der Waals surface area contributed by atoms with E-state index < -0.39 is 6.10 Å². The molecule has 2 rings (SSSR count). The van der Waals surface area contributed by atoms with E-state index in [9.17, 15) is 9.50 Å². The summed E-state index contributed by atoms with van der Waals surface area (Å²) in [4.78, 5) is 0. The van der Waals surface area contributed by atoms with Gasteiger partial charge >= 0.3 is 0 Å². The van der Waals surface area contributed by atoms with Crippen molar-refractivity contribution < 1.29 is 14.2 Å². The Morgan fingerprint density at radius 3 is 2.79 bits per heavy atom. The fourth-order valence-electron chi connectivity index (χ4n) is 2.91. The van der Waals surface area contributed by atoms with Crippen molar-refractivity contribution in [1.29, 1.82) is 0 Å². The monoisotopic (exact) mass is 266 g/mol. The zero-order valence-electron chi connectivity index (χ0n) is 11.7. The van der Waals surface area contributed by atoms with Crippen LogP contribution in [0, 0.1) is 11.7 Å². The molecule has 0 heterocycles. The van der Waals surface area contributed by atoms with E-state index in [1.54, 1.807) is 13.0 Å². The first-order valence-corrected chi connectivity index (χ1v) is 7.26. The first-order valence-electron chi connectivity index (χ1n) is 7.26. The SMILES string of the molecule is CCC1CCCCC1Oc1cc(F)ccc1C(C)O. The molecule has 0 aliphatic heterocycles. The second-order valence-electron chi connectivity index (χ2n) is 5.47. The Balaban J connectivity index is 2.19. The highest BCUT2D eigenvalue weighted by Gasteiger charge is 2.26. The van der Waals surface area contributed by atoms with Gasteiger partial charge in [-0.15, -0.1) is 0 Å². The lowest BCUT2D eigenvalue weighted by Crippen LogP contribution is -2.30. The van der Waals surface area contributed by atoms with Crippen molar-refractivity contribution in [3.05, 3.63) is 29.6 Å². The quantitative estimate of drug-likeness (QED) is 0.883. The van der Waals surface area contributed by atoms with E-state index in [1.165, 1.54) is 31.4 Å². The average Bonchev–Trinajstić information content (AvgIpc) is 2.39. The summed E-state index contributed by atoms with van der Waals surface area (Å²) in [6, 6.07) is 4.37. The number of halogens is 1. The molecule has 0 bridgehead atoms. The Bertz CT molecular complexity index is 417. The molecule has 0 amide bonds. The molecule has 0 saturated heterocycles. The Morgan fingerprint density at radius 2 is 2.11 bits per heavy atom. The van der Waals surface area contributed by atoms with Gasteiger partial charge in [0.25, 0.3) is 0 Å². The summed E-state index contributed by atoms with van der Waals surface area (Å²) in [5, 5.41) is 9.75. The maximum Gasteiger partial charge on any atom is 0.128 e. The molecule has 3 heteroatoms. The smallest absolute Gasteiger partial charge is 0.128 e. The lowest BCUT2D eigenvalue weighted by atomic mass is 9.84. The van der Waals surface area contributed by atoms with E-state index in [-0.39, 0.29) is 11.9 Å². The van der Waals surface area contributed by atoms with Crippen molar-refractivity contribution in [2.75, 3.05) is 0 Å². The first kappa shape index (κ1) is 14.3. The number of hydrogen-bond donors (Lipinski definition) is 1. The largest absolute Gasteiger partial charge is 0.490 e. The number of rotatable bonds is 4. The first-order chi connectivity index (χ1) is 9.11. The summed E-state index contributed by atoms with van der Waals surface area (Å²) in [6.07, 6.45) is 5.22. The van der Waals surface area contributed by atoms with Crippen molar-refractivity contribution in [3.8, 4) is 5.75 Å². The Kier molecular flexibility index (Phi) is 4.81. The van der Waals surface area contributed by atoms with Gasteiger partial charge in [-0.2, -0.15) is 0 Å². The van der Waals surface area contributed by atoms with E-state index in [4.69, 9.17) is 4.74 Å². The number of ether oxygens (including phenoxy) is 1. The molecule has 2 nitrogen and oxygen atoms in total. The van der Waals surface area contributed by atoms with Crippen LogP contribution < -0.4 is 4.74 Å². The van der Waals surface area contributed by atoms with Crippen LogP contribution in [0.1, 0.15) is 57.6 Å².